The number of nitrogens with zero attached hydrogens (tertiary/aromatic N) is 1. The summed E-state index contributed by atoms with van der Waals surface area (Å²) in [4.78, 5) is 13.7. The molecular weight excluding hydrogens is 267 g/mol. The number of urea groups is 1. The van der Waals surface area contributed by atoms with Crippen LogP contribution in [-0.4, -0.2) is 48.0 Å². The lowest BCUT2D eigenvalue weighted by molar-refractivity contribution is 0.158. The van der Waals surface area contributed by atoms with Gasteiger partial charge in [0.2, 0.25) is 0 Å². The van der Waals surface area contributed by atoms with Gasteiger partial charge in [0, 0.05) is 24.2 Å². The van der Waals surface area contributed by atoms with E-state index in [-0.39, 0.29) is 24.5 Å². The molecule has 1 aromatic carbocycles. The van der Waals surface area contributed by atoms with Gasteiger partial charge in [-0.15, -0.1) is 11.8 Å². The zero-order valence-electron chi connectivity index (χ0n) is 11.1. The second-order valence-corrected chi connectivity index (χ2v) is 5.29. The van der Waals surface area contributed by atoms with E-state index in [2.05, 4.69) is 5.32 Å². The van der Waals surface area contributed by atoms with E-state index in [9.17, 15) is 9.18 Å². The van der Waals surface area contributed by atoms with Crippen molar-refractivity contribution in [3.05, 3.63) is 30.1 Å². The Morgan fingerprint density at radius 2 is 2.21 bits per heavy atom. The molecule has 1 rings (SSSR count). The van der Waals surface area contributed by atoms with Gasteiger partial charge in [0.05, 0.1) is 12.6 Å². The SMILES string of the molecule is CC(CO)N(C)C(=O)NCCSc1ccccc1F. The van der Waals surface area contributed by atoms with Crippen LogP contribution in [0.25, 0.3) is 0 Å². The number of hydrogen-bond acceptors (Lipinski definition) is 3. The number of thioether (sulfide) groups is 1. The first-order chi connectivity index (χ1) is 9.06. The largest absolute Gasteiger partial charge is 0.394 e. The van der Waals surface area contributed by atoms with Crippen LogP contribution in [0.4, 0.5) is 9.18 Å². The van der Waals surface area contributed by atoms with Crippen molar-refractivity contribution >= 4 is 17.8 Å². The quantitative estimate of drug-likeness (QED) is 0.621. The predicted octanol–water partition coefficient (Wildman–Crippen LogP) is 1.94. The highest BCUT2D eigenvalue weighted by atomic mass is 32.2. The third-order valence-electron chi connectivity index (χ3n) is 2.72. The van der Waals surface area contributed by atoms with Gasteiger partial charge in [-0.2, -0.15) is 0 Å². The average molecular weight is 286 g/mol. The first kappa shape index (κ1) is 15.8. The summed E-state index contributed by atoms with van der Waals surface area (Å²) < 4.78 is 13.3. The van der Waals surface area contributed by atoms with Crippen LogP contribution in [-0.2, 0) is 0 Å². The van der Waals surface area contributed by atoms with Crippen molar-refractivity contribution in [2.45, 2.75) is 17.9 Å². The number of nitrogens with one attached hydrogen (secondary N) is 1. The van der Waals surface area contributed by atoms with E-state index >= 15 is 0 Å². The van der Waals surface area contributed by atoms with E-state index in [0.29, 0.717) is 17.2 Å². The van der Waals surface area contributed by atoms with Crippen molar-refractivity contribution in [3.8, 4) is 0 Å². The van der Waals surface area contributed by atoms with E-state index in [0.717, 1.165) is 0 Å². The molecular formula is C13H19FN2O2S. The van der Waals surface area contributed by atoms with Crippen LogP contribution in [0.2, 0.25) is 0 Å². The highest BCUT2D eigenvalue weighted by Gasteiger charge is 2.13. The van der Waals surface area contributed by atoms with Crippen molar-refractivity contribution in [2.24, 2.45) is 0 Å². The fourth-order valence-corrected chi connectivity index (χ4v) is 2.13. The van der Waals surface area contributed by atoms with Crippen molar-refractivity contribution in [2.75, 3.05) is 26.0 Å². The van der Waals surface area contributed by atoms with Gasteiger partial charge >= 0.3 is 6.03 Å². The molecule has 2 N–H and O–H groups in total. The third kappa shape index (κ3) is 5.08. The first-order valence-corrected chi connectivity index (χ1v) is 7.03. The molecule has 6 heteroatoms. The van der Waals surface area contributed by atoms with E-state index in [1.807, 2.05) is 0 Å². The number of rotatable bonds is 6. The Labute approximate surface area is 117 Å². The Morgan fingerprint density at radius 1 is 1.53 bits per heavy atom. The topological polar surface area (TPSA) is 52.6 Å². The smallest absolute Gasteiger partial charge is 0.317 e. The van der Waals surface area contributed by atoms with Gasteiger partial charge in [-0.05, 0) is 19.1 Å². The van der Waals surface area contributed by atoms with Gasteiger partial charge in [0.1, 0.15) is 5.82 Å². The van der Waals surface area contributed by atoms with E-state index in [1.54, 1.807) is 32.2 Å². The minimum absolute atomic E-state index is 0.0755. The van der Waals surface area contributed by atoms with Crippen molar-refractivity contribution < 1.29 is 14.3 Å². The fraction of sp³-hybridized carbons (Fsp3) is 0.462. The van der Waals surface area contributed by atoms with Crippen LogP contribution in [0.1, 0.15) is 6.92 Å². The van der Waals surface area contributed by atoms with Crippen LogP contribution in [0, 0.1) is 5.82 Å². The van der Waals surface area contributed by atoms with Crippen LogP contribution >= 0.6 is 11.8 Å². The molecule has 1 unspecified atom stereocenters. The average Bonchev–Trinajstić information content (AvgIpc) is 2.43. The lowest BCUT2D eigenvalue weighted by Crippen LogP contribution is -2.44. The zero-order valence-corrected chi connectivity index (χ0v) is 11.9. The molecule has 0 aromatic heterocycles. The van der Waals surface area contributed by atoms with Gasteiger partial charge in [0.15, 0.2) is 0 Å². The minimum Gasteiger partial charge on any atom is -0.394 e. The van der Waals surface area contributed by atoms with Gasteiger partial charge < -0.3 is 15.3 Å². The van der Waals surface area contributed by atoms with Crippen molar-refractivity contribution in [1.29, 1.82) is 0 Å². The molecule has 0 fully saturated rings. The molecule has 1 aromatic rings. The molecule has 0 aliphatic rings. The number of aliphatic hydroxyl groups excluding tert-OH is 1. The molecule has 0 saturated carbocycles. The summed E-state index contributed by atoms with van der Waals surface area (Å²) in [6, 6.07) is 6.09. The maximum absolute atomic E-state index is 13.3. The Morgan fingerprint density at radius 3 is 2.84 bits per heavy atom. The van der Waals surface area contributed by atoms with Gasteiger partial charge in [0.25, 0.3) is 0 Å². The zero-order chi connectivity index (χ0) is 14.3. The van der Waals surface area contributed by atoms with Crippen molar-refractivity contribution in [1.82, 2.24) is 10.2 Å². The Kier molecular flexibility index (Phi) is 6.66. The third-order valence-corrected chi connectivity index (χ3v) is 3.77. The summed E-state index contributed by atoms with van der Waals surface area (Å²) in [7, 11) is 1.63. The molecule has 0 spiro atoms. The molecule has 1 atom stereocenters. The van der Waals surface area contributed by atoms with E-state index in [4.69, 9.17) is 5.11 Å². The van der Waals surface area contributed by atoms with Crippen LogP contribution < -0.4 is 5.32 Å². The number of likely N-dealkylation sites (N-methyl/N-ethyl adjacent to an activating group) is 1. The van der Waals surface area contributed by atoms with Gasteiger partial charge in [-0.3, -0.25) is 0 Å². The highest BCUT2D eigenvalue weighted by molar-refractivity contribution is 7.99. The number of hydrogen-bond donors (Lipinski definition) is 2. The lowest BCUT2D eigenvalue weighted by atomic mass is 10.3. The summed E-state index contributed by atoms with van der Waals surface area (Å²) in [5, 5.41) is 11.7. The standard InChI is InChI=1S/C13H19FN2O2S/c1-10(9-17)16(2)13(18)15-7-8-19-12-6-4-3-5-11(12)14/h3-6,10,17H,7-9H2,1-2H3,(H,15,18). The number of halogens is 1. The summed E-state index contributed by atoms with van der Waals surface area (Å²) >= 11 is 1.36. The molecule has 19 heavy (non-hydrogen) atoms. The summed E-state index contributed by atoms with van der Waals surface area (Å²) in [5.41, 5.74) is 0. The number of aliphatic hydroxyl groups is 1. The lowest BCUT2D eigenvalue weighted by Gasteiger charge is -2.23. The monoisotopic (exact) mass is 286 g/mol. The Balaban J connectivity index is 2.28. The highest BCUT2D eigenvalue weighted by Crippen LogP contribution is 2.20. The second-order valence-electron chi connectivity index (χ2n) is 4.15. The predicted molar refractivity (Wildman–Crippen MR) is 74.8 cm³/mol. The first-order valence-electron chi connectivity index (χ1n) is 6.05. The number of benzene rings is 1. The van der Waals surface area contributed by atoms with Gasteiger partial charge in [-0.1, -0.05) is 12.1 Å². The molecule has 0 saturated heterocycles. The molecule has 0 radical (unpaired) electrons. The summed E-state index contributed by atoms with van der Waals surface area (Å²) in [6.45, 7) is 2.13. The van der Waals surface area contributed by atoms with Crippen LogP contribution in [0.15, 0.2) is 29.2 Å². The van der Waals surface area contributed by atoms with Crippen LogP contribution in [0.3, 0.4) is 0 Å². The Bertz CT molecular complexity index is 417. The Hall–Kier alpha value is -1.27. The number of carbonyl (C=O) groups is 1. The number of amides is 2. The van der Waals surface area contributed by atoms with Crippen LogP contribution in [0.5, 0.6) is 0 Å². The molecule has 2 amide bonds. The van der Waals surface area contributed by atoms with Gasteiger partial charge in [-0.25, -0.2) is 9.18 Å². The van der Waals surface area contributed by atoms with E-state index in [1.165, 1.54) is 22.7 Å². The summed E-state index contributed by atoms with van der Waals surface area (Å²) in [6.07, 6.45) is 0. The fourth-order valence-electron chi connectivity index (χ4n) is 1.33. The molecule has 0 aliphatic heterocycles. The normalized spacial score (nSPS) is 12.0. The summed E-state index contributed by atoms with van der Waals surface area (Å²) in [5.74, 6) is 0.346. The van der Waals surface area contributed by atoms with E-state index < -0.39 is 0 Å². The molecule has 0 bridgehead atoms. The molecule has 0 aliphatic carbocycles. The molecule has 0 heterocycles. The number of carbonyl (C=O) groups excluding carboxylic acids is 1. The van der Waals surface area contributed by atoms with Crippen molar-refractivity contribution in [3.63, 3.8) is 0 Å². The maximum Gasteiger partial charge on any atom is 0.317 e. The maximum atomic E-state index is 13.3. The minimum atomic E-state index is -0.246. The second kappa shape index (κ2) is 8.01. The molecule has 4 nitrogen and oxygen atoms in total. The molecule has 106 valence electrons.